The Balaban J connectivity index is 1.88. The Hall–Kier alpha value is -0.730. The van der Waals surface area contributed by atoms with Crippen LogP contribution in [0.15, 0.2) is 5.11 Å². The van der Waals surface area contributed by atoms with Gasteiger partial charge in [0, 0.05) is 4.91 Å². The van der Waals surface area contributed by atoms with Gasteiger partial charge in [-0.2, -0.15) is 0 Å². The van der Waals surface area contributed by atoms with E-state index in [-0.39, 0.29) is 11.7 Å². The summed E-state index contributed by atoms with van der Waals surface area (Å²) in [6, 6.07) is 0. The van der Waals surface area contributed by atoms with Crippen molar-refractivity contribution in [2.24, 2.45) is 5.11 Å². The van der Waals surface area contributed by atoms with Gasteiger partial charge in [0.1, 0.15) is 0 Å². The maximum Gasteiger partial charge on any atom is 0.0687 e. The number of hydrogen-bond donors (Lipinski definition) is 0. The van der Waals surface area contributed by atoms with Crippen LogP contribution in [-0.4, -0.2) is 18.2 Å². The fraction of sp³-hybridized carbons (Fsp3) is 1.00. The molecule has 14 heavy (non-hydrogen) atoms. The molecule has 78 valence electrons. The van der Waals surface area contributed by atoms with E-state index in [1.165, 1.54) is 38.5 Å². The van der Waals surface area contributed by atoms with Gasteiger partial charge in [-0.3, -0.25) is 0 Å². The molecular formula is C10H17N3O. The van der Waals surface area contributed by atoms with Crippen molar-refractivity contribution >= 4 is 0 Å². The lowest BCUT2D eigenvalue weighted by atomic mass is 9.83. The molecule has 4 nitrogen and oxygen atoms in total. The first-order valence-corrected chi connectivity index (χ1v) is 5.53. The van der Waals surface area contributed by atoms with E-state index in [1.807, 2.05) is 0 Å². The van der Waals surface area contributed by atoms with Crippen LogP contribution < -0.4 is 0 Å². The number of hydrogen-bond acceptors (Lipinski definition) is 2. The molecule has 1 spiro atoms. The average Bonchev–Trinajstić information content (AvgIpc) is 2.60. The summed E-state index contributed by atoms with van der Waals surface area (Å²) in [7, 11) is 0. The lowest BCUT2D eigenvalue weighted by molar-refractivity contribution is -0.0599. The van der Waals surface area contributed by atoms with Crippen molar-refractivity contribution in [3.05, 3.63) is 10.4 Å². The summed E-state index contributed by atoms with van der Waals surface area (Å²) in [6.45, 7) is 0.512. The third-order valence-corrected chi connectivity index (χ3v) is 3.45. The first-order valence-electron chi connectivity index (χ1n) is 5.53. The van der Waals surface area contributed by atoms with Crippen LogP contribution in [0.5, 0.6) is 0 Å². The van der Waals surface area contributed by atoms with Crippen molar-refractivity contribution in [3.8, 4) is 0 Å². The molecule has 4 heteroatoms. The third-order valence-electron chi connectivity index (χ3n) is 3.45. The van der Waals surface area contributed by atoms with Gasteiger partial charge in [-0.15, -0.1) is 0 Å². The van der Waals surface area contributed by atoms with E-state index in [1.54, 1.807) is 0 Å². The van der Waals surface area contributed by atoms with Crippen molar-refractivity contribution in [1.82, 2.24) is 0 Å². The predicted octanol–water partition coefficient (Wildman–Crippen LogP) is 3.18. The molecule has 1 saturated heterocycles. The van der Waals surface area contributed by atoms with E-state index in [0.717, 1.165) is 6.42 Å². The Kier molecular flexibility index (Phi) is 2.94. The zero-order chi connectivity index (χ0) is 9.86. The number of azide groups is 1. The van der Waals surface area contributed by atoms with Crippen molar-refractivity contribution in [2.75, 3.05) is 6.54 Å². The fourth-order valence-corrected chi connectivity index (χ4v) is 2.72. The van der Waals surface area contributed by atoms with Crippen LogP contribution in [0, 0.1) is 0 Å². The number of nitrogens with zero attached hydrogens (tertiary/aromatic N) is 3. The second kappa shape index (κ2) is 4.20. The maximum atomic E-state index is 8.23. The van der Waals surface area contributed by atoms with Crippen LogP contribution in [0.1, 0.15) is 44.9 Å². The molecule has 1 aliphatic carbocycles. The SMILES string of the molecule is [N-]=[N+]=NC[C@@H]1CCC2(CCCCC2)O1. The summed E-state index contributed by atoms with van der Waals surface area (Å²) in [5, 5.41) is 3.59. The standard InChI is InChI=1S/C10H17N3O/c11-13-12-8-9-4-7-10(14-9)5-2-1-3-6-10/h9H,1-8H2/t9-/m0/s1. The molecule has 0 aromatic heterocycles. The fourth-order valence-electron chi connectivity index (χ4n) is 2.72. The Morgan fingerprint density at radius 3 is 2.79 bits per heavy atom. The lowest BCUT2D eigenvalue weighted by Gasteiger charge is -2.33. The smallest absolute Gasteiger partial charge is 0.0687 e. The second-order valence-electron chi connectivity index (χ2n) is 4.44. The van der Waals surface area contributed by atoms with Crippen molar-refractivity contribution in [1.29, 1.82) is 0 Å². The maximum absolute atomic E-state index is 8.23. The van der Waals surface area contributed by atoms with E-state index in [9.17, 15) is 0 Å². The summed E-state index contributed by atoms with van der Waals surface area (Å²) < 4.78 is 6.03. The molecule has 0 N–H and O–H groups in total. The topological polar surface area (TPSA) is 58.0 Å². The van der Waals surface area contributed by atoms with Gasteiger partial charge in [-0.05, 0) is 31.2 Å². The molecule has 0 amide bonds. The number of ether oxygens (including phenoxy) is 1. The molecule has 0 bridgehead atoms. The Labute approximate surface area is 84.3 Å². The summed E-state index contributed by atoms with van der Waals surface area (Å²) >= 11 is 0. The molecule has 0 aromatic rings. The minimum absolute atomic E-state index is 0.161. The van der Waals surface area contributed by atoms with Gasteiger partial charge in [-0.1, -0.05) is 24.4 Å². The van der Waals surface area contributed by atoms with Crippen LogP contribution in [0.2, 0.25) is 0 Å². The molecule has 0 radical (unpaired) electrons. The minimum Gasteiger partial charge on any atom is -0.372 e. The highest BCUT2D eigenvalue weighted by molar-refractivity contribution is 4.91. The summed E-state index contributed by atoms with van der Waals surface area (Å²) in [4.78, 5) is 2.78. The minimum atomic E-state index is 0.161. The van der Waals surface area contributed by atoms with E-state index in [4.69, 9.17) is 10.3 Å². The van der Waals surface area contributed by atoms with Crippen LogP contribution in [-0.2, 0) is 4.74 Å². The molecule has 0 unspecified atom stereocenters. The van der Waals surface area contributed by atoms with E-state index in [2.05, 4.69) is 10.0 Å². The van der Waals surface area contributed by atoms with Gasteiger partial charge in [0.25, 0.3) is 0 Å². The van der Waals surface area contributed by atoms with Gasteiger partial charge in [0.15, 0.2) is 0 Å². The van der Waals surface area contributed by atoms with Crippen LogP contribution in [0.3, 0.4) is 0 Å². The highest BCUT2D eigenvalue weighted by Gasteiger charge is 2.40. The van der Waals surface area contributed by atoms with Crippen molar-refractivity contribution in [3.63, 3.8) is 0 Å². The predicted molar refractivity (Wildman–Crippen MR) is 53.9 cm³/mol. The van der Waals surface area contributed by atoms with E-state index in [0.29, 0.717) is 6.54 Å². The molecule has 1 atom stereocenters. The van der Waals surface area contributed by atoms with Crippen molar-refractivity contribution < 1.29 is 4.74 Å². The molecule has 0 aromatic carbocycles. The molecule has 2 rings (SSSR count). The average molecular weight is 195 g/mol. The zero-order valence-corrected chi connectivity index (χ0v) is 8.48. The number of rotatable bonds is 2. The Morgan fingerprint density at radius 1 is 1.29 bits per heavy atom. The first kappa shape index (κ1) is 9.81. The molecule has 1 heterocycles. The molecule has 2 fully saturated rings. The molecule has 2 aliphatic rings. The summed E-state index contributed by atoms with van der Waals surface area (Å²) in [5.74, 6) is 0. The van der Waals surface area contributed by atoms with E-state index >= 15 is 0 Å². The summed E-state index contributed by atoms with van der Waals surface area (Å²) in [6.07, 6.45) is 8.79. The lowest BCUT2D eigenvalue weighted by Crippen LogP contribution is -2.32. The summed E-state index contributed by atoms with van der Waals surface area (Å²) in [5.41, 5.74) is 8.39. The highest BCUT2D eigenvalue weighted by Crippen LogP contribution is 2.41. The molecular weight excluding hydrogens is 178 g/mol. The van der Waals surface area contributed by atoms with Crippen LogP contribution in [0.4, 0.5) is 0 Å². The normalized spacial score (nSPS) is 30.1. The highest BCUT2D eigenvalue weighted by atomic mass is 16.5. The monoisotopic (exact) mass is 195 g/mol. The van der Waals surface area contributed by atoms with Gasteiger partial charge in [0.05, 0.1) is 18.2 Å². The van der Waals surface area contributed by atoms with Gasteiger partial charge >= 0.3 is 0 Å². The van der Waals surface area contributed by atoms with Crippen LogP contribution in [0.25, 0.3) is 10.4 Å². The largest absolute Gasteiger partial charge is 0.372 e. The Morgan fingerprint density at radius 2 is 2.07 bits per heavy atom. The van der Waals surface area contributed by atoms with E-state index < -0.39 is 0 Å². The second-order valence-corrected chi connectivity index (χ2v) is 4.44. The molecule has 1 saturated carbocycles. The third kappa shape index (κ3) is 2.02. The van der Waals surface area contributed by atoms with Gasteiger partial charge in [-0.25, -0.2) is 0 Å². The Bertz CT molecular complexity index is 242. The first-order chi connectivity index (χ1) is 6.85. The van der Waals surface area contributed by atoms with Gasteiger partial charge in [0.2, 0.25) is 0 Å². The quantitative estimate of drug-likeness (QED) is 0.379. The van der Waals surface area contributed by atoms with Gasteiger partial charge < -0.3 is 4.74 Å². The van der Waals surface area contributed by atoms with Crippen molar-refractivity contribution in [2.45, 2.75) is 56.7 Å². The van der Waals surface area contributed by atoms with Crippen LogP contribution >= 0.6 is 0 Å². The molecule has 1 aliphatic heterocycles. The zero-order valence-electron chi connectivity index (χ0n) is 8.48.